The van der Waals surface area contributed by atoms with Crippen molar-refractivity contribution in [3.05, 3.63) is 17.5 Å². The van der Waals surface area contributed by atoms with Gasteiger partial charge in [0, 0.05) is 30.4 Å². The number of aromatic nitrogens is 2. The molecule has 1 N–H and O–H groups in total. The SMILES string of the molecule is CC(C)c1c(CNC2CC2)cnn1CCN(C)C. The zero-order valence-corrected chi connectivity index (χ0v) is 12.1. The Kier molecular flexibility index (Phi) is 4.40. The lowest BCUT2D eigenvalue weighted by molar-refractivity contribution is 0.367. The summed E-state index contributed by atoms with van der Waals surface area (Å²) in [5, 5.41) is 8.14. The monoisotopic (exact) mass is 250 g/mol. The first-order chi connectivity index (χ1) is 8.58. The molecule has 0 spiro atoms. The van der Waals surface area contributed by atoms with Crippen LogP contribution in [0.15, 0.2) is 6.20 Å². The Morgan fingerprint density at radius 2 is 2.17 bits per heavy atom. The fourth-order valence-electron chi connectivity index (χ4n) is 2.25. The fraction of sp³-hybridized carbons (Fsp3) is 0.786. The zero-order valence-electron chi connectivity index (χ0n) is 12.1. The molecular formula is C14H26N4. The van der Waals surface area contributed by atoms with Crippen LogP contribution in [0, 0.1) is 0 Å². The summed E-state index contributed by atoms with van der Waals surface area (Å²) in [7, 11) is 4.21. The van der Waals surface area contributed by atoms with Crippen molar-refractivity contribution in [2.24, 2.45) is 0 Å². The standard InChI is InChI=1S/C14H26N4/c1-11(2)14-12(9-15-13-5-6-13)10-16-18(14)8-7-17(3)4/h10-11,13,15H,5-9H2,1-4H3. The predicted molar refractivity (Wildman–Crippen MR) is 74.7 cm³/mol. The minimum absolute atomic E-state index is 0.533. The lowest BCUT2D eigenvalue weighted by atomic mass is 10.1. The third kappa shape index (κ3) is 3.56. The number of rotatable bonds is 7. The maximum atomic E-state index is 4.56. The molecule has 18 heavy (non-hydrogen) atoms. The van der Waals surface area contributed by atoms with Gasteiger partial charge in [0.2, 0.25) is 0 Å². The molecule has 2 rings (SSSR count). The van der Waals surface area contributed by atoms with Gasteiger partial charge in [-0.25, -0.2) is 0 Å². The van der Waals surface area contributed by atoms with Gasteiger partial charge >= 0.3 is 0 Å². The minimum atomic E-state index is 0.533. The van der Waals surface area contributed by atoms with Gasteiger partial charge in [0.05, 0.1) is 12.7 Å². The van der Waals surface area contributed by atoms with Gasteiger partial charge in [-0.3, -0.25) is 4.68 Å². The van der Waals surface area contributed by atoms with E-state index in [4.69, 9.17) is 0 Å². The number of nitrogens with one attached hydrogen (secondary N) is 1. The molecule has 1 aliphatic rings. The highest BCUT2D eigenvalue weighted by molar-refractivity contribution is 5.21. The van der Waals surface area contributed by atoms with Crippen LogP contribution < -0.4 is 5.32 Å². The number of hydrogen-bond donors (Lipinski definition) is 1. The minimum Gasteiger partial charge on any atom is -0.310 e. The highest BCUT2D eigenvalue weighted by Crippen LogP contribution is 2.22. The fourth-order valence-corrected chi connectivity index (χ4v) is 2.25. The Labute approximate surface area is 110 Å². The van der Waals surface area contributed by atoms with E-state index in [2.05, 4.69) is 47.9 Å². The van der Waals surface area contributed by atoms with Gasteiger partial charge in [0.1, 0.15) is 0 Å². The van der Waals surface area contributed by atoms with Crippen LogP contribution in [-0.4, -0.2) is 41.4 Å². The van der Waals surface area contributed by atoms with Gasteiger partial charge in [0.25, 0.3) is 0 Å². The molecular weight excluding hydrogens is 224 g/mol. The van der Waals surface area contributed by atoms with Gasteiger partial charge in [-0.2, -0.15) is 5.10 Å². The van der Waals surface area contributed by atoms with E-state index in [-0.39, 0.29) is 0 Å². The Bertz CT molecular complexity index is 354. The van der Waals surface area contributed by atoms with Gasteiger partial charge in [0.15, 0.2) is 0 Å². The average Bonchev–Trinajstić information content (AvgIpc) is 3.03. The Balaban J connectivity index is 2.03. The van der Waals surface area contributed by atoms with Crippen molar-refractivity contribution in [3.8, 4) is 0 Å². The Morgan fingerprint density at radius 3 is 2.72 bits per heavy atom. The number of likely N-dealkylation sites (N-methyl/N-ethyl adjacent to an activating group) is 1. The van der Waals surface area contributed by atoms with Crippen molar-refractivity contribution < 1.29 is 0 Å². The van der Waals surface area contributed by atoms with Crippen molar-refractivity contribution in [2.75, 3.05) is 20.6 Å². The Morgan fingerprint density at radius 1 is 1.44 bits per heavy atom. The summed E-state index contributed by atoms with van der Waals surface area (Å²) in [5.74, 6) is 0.533. The highest BCUT2D eigenvalue weighted by Gasteiger charge is 2.22. The van der Waals surface area contributed by atoms with Crippen molar-refractivity contribution >= 4 is 0 Å². The first-order valence-electron chi connectivity index (χ1n) is 7.00. The molecule has 0 aromatic carbocycles. The van der Waals surface area contributed by atoms with Crippen LogP contribution in [0.2, 0.25) is 0 Å². The number of hydrogen-bond acceptors (Lipinski definition) is 3. The van der Waals surface area contributed by atoms with Crippen LogP contribution in [0.4, 0.5) is 0 Å². The second kappa shape index (κ2) is 5.85. The van der Waals surface area contributed by atoms with Crippen LogP contribution in [0.25, 0.3) is 0 Å². The van der Waals surface area contributed by atoms with E-state index in [0.717, 1.165) is 25.7 Å². The summed E-state index contributed by atoms with van der Waals surface area (Å²) in [6.45, 7) is 7.49. The third-order valence-electron chi connectivity index (χ3n) is 3.42. The maximum Gasteiger partial charge on any atom is 0.0539 e. The first kappa shape index (κ1) is 13.6. The van der Waals surface area contributed by atoms with Crippen molar-refractivity contribution in [1.29, 1.82) is 0 Å². The summed E-state index contributed by atoms with van der Waals surface area (Å²) in [4.78, 5) is 2.20. The normalized spacial score (nSPS) is 15.9. The second-order valence-corrected chi connectivity index (χ2v) is 5.89. The molecule has 0 unspecified atom stereocenters. The lowest BCUT2D eigenvalue weighted by Crippen LogP contribution is -2.21. The van der Waals surface area contributed by atoms with Crippen LogP contribution in [0.5, 0.6) is 0 Å². The van der Waals surface area contributed by atoms with Crippen LogP contribution >= 0.6 is 0 Å². The predicted octanol–water partition coefficient (Wildman–Crippen LogP) is 1.82. The molecule has 1 heterocycles. The summed E-state index contributed by atoms with van der Waals surface area (Å²) in [5.41, 5.74) is 2.76. The van der Waals surface area contributed by atoms with E-state index in [9.17, 15) is 0 Å². The molecule has 0 aliphatic heterocycles. The summed E-state index contributed by atoms with van der Waals surface area (Å²) >= 11 is 0. The van der Waals surface area contributed by atoms with E-state index in [0.29, 0.717) is 5.92 Å². The molecule has 102 valence electrons. The van der Waals surface area contributed by atoms with Gasteiger partial charge in [-0.1, -0.05) is 13.8 Å². The van der Waals surface area contributed by atoms with Gasteiger partial charge in [-0.15, -0.1) is 0 Å². The molecule has 1 aromatic rings. The molecule has 0 bridgehead atoms. The van der Waals surface area contributed by atoms with Crippen molar-refractivity contribution in [3.63, 3.8) is 0 Å². The van der Waals surface area contributed by atoms with Crippen molar-refractivity contribution in [2.45, 2.75) is 51.7 Å². The van der Waals surface area contributed by atoms with Gasteiger partial charge in [-0.05, 0) is 32.9 Å². The molecule has 1 aromatic heterocycles. The van der Waals surface area contributed by atoms with E-state index in [1.165, 1.54) is 24.1 Å². The summed E-state index contributed by atoms with van der Waals surface area (Å²) in [6, 6.07) is 0.759. The largest absolute Gasteiger partial charge is 0.310 e. The molecule has 1 fully saturated rings. The molecule has 1 aliphatic carbocycles. The van der Waals surface area contributed by atoms with Crippen LogP contribution in [0.3, 0.4) is 0 Å². The third-order valence-corrected chi connectivity index (χ3v) is 3.42. The maximum absolute atomic E-state index is 4.56. The van der Waals surface area contributed by atoms with Crippen molar-refractivity contribution in [1.82, 2.24) is 20.0 Å². The molecule has 1 saturated carbocycles. The van der Waals surface area contributed by atoms with Gasteiger partial charge < -0.3 is 10.2 Å². The Hall–Kier alpha value is -0.870. The molecule has 0 amide bonds. The van der Waals surface area contributed by atoms with E-state index in [1.807, 2.05) is 6.20 Å². The average molecular weight is 250 g/mol. The molecule has 0 radical (unpaired) electrons. The zero-order chi connectivity index (χ0) is 13.1. The first-order valence-corrected chi connectivity index (χ1v) is 7.00. The topological polar surface area (TPSA) is 33.1 Å². The molecule has 0 saturated heterocycles. The van der Waals surface area contributed by atoms with E-state index >= 15 is 0 Å². The smallest absolute Gasteiger partial charge is 0.0539 e. The number of nitrogens with zero attached hydrogens (tertiary/aromatic N) is 3. The van der Waals surface area contributed by atoms with E-state index in [1.54, 1.807) is 0 Å². The van der Waals surface area contributed by atoms with E-state index < -0.39 is 0 Å². The molecule has 4 heteroatoms. The van der Waals surface area contributed by atoms with Crippen LogP contribution in [0.1, 0.15) is 43.9 Å². The molecule has 4 nitrogen and oxygen atoms in total. The second-order valence-electron chi connectivity index (χ2n) is 5.89. The lowest BCUT2D eigenvalue weighted by Gasteiger charge is -2.15. The highest BCUT2D eigenvalue weighted by atomic mass is 15.3. The quantitative estimate of drug-likeness (QED) is 0.801. The summed E-state index contributed by atoms with van der Waals surface area (Å²) < 4.78 is 2.18. The van der Waals surface area contributed by atoms with Crippen LogP contribution in [-0.2, 0) is 13.1 Å². The molecule has 0 atom stereocenters. The summed E-state index contributed by atoms with van der Waals surface area (Å²) in [6.07, 6.45) is 4.72.